The molecular formula is C15H21N3O. The molecule has 2 fully saturated rings. The number of amides is 2. The second kappa shape index (κ2) is 5.61. The van der Waals surface area contributed by atoms with Gasteiger partial charge in [-0.3, -0.25) is 0 Å². The van der Waals surface area contributed by atoms with Gasteiger partial charge in [-0.25, -0.2) is 4.79 Å². The van der Waals surface area contributed by atoms with Crippen molar-refractivity contribution in [3.8, 4) is 0 Å². The third kappa shape index (κ3) is 2.73. The van der Waals surface area contributed by atoms with Crippen LogP contribution in [-0.4, -0.2) is 54.6 Å². The van der Waals surface area contributed by atoms with E-state index in [1.807, 2.05) is 15.9 Å². The molecule has 1 aromatic carbocycles. The largest absolute Gasteiger partial charge is 0.324 e. The second-order valence-electron chi connectivity index (χ2n) is 5.35. The molecule has 4 nitrogen and oxygen atoms in total. The third-order valence-corrected chi connectivity index (χ3v) is 4.11. The maximum absolute atomic E-state index is 12.4. The average Bonchev–Trinajstić information content (AvgIpc) is 2.48. The van der Waals surface area contributed by atoms with E-state index in [1.54, 1.807) is 0 Å². The molecule has 1 aromatic rings. The zero-order valence-corrected chi connectivity index (χ0v) is 11.2. The highest BCUT2D eigenvalue weighted by atomic mass is 16.2. The van der Waals surface area contributed by atoms with Gasteiger partial charge in [0.1, 0.15) is 0 Å². The Hall–Kier alpha value is -1.55. The molecule has 0 aliphatic carbocycles. The maximum atomic E-state index is 12.4. The number of benzene rings is 1. The van der Waals surface area contributed by atoms with Crippen LogP contribution < -0.4 is 5.32 Å². The quantitative estimate of drug-likeness (QED) is 0.889. The number of hydrogen-bond acceptors (Lipinski definition) is 2. The SMILES string of the molecule is O=C1N(CCc2ccccc2)CCC2CNCCN12. The van der Waals surface area contributed by atoms with Crippen molar-refractivity contribution in [3.63, 3.8) is 0 Å². The fourth-order valence-electron chi connectivity index (χ4n) is 2.97. The van der Waals surface area contributed by atoms with E-state index >= 15 is 0 Å². The fraction of sp³-hybridized carbons (Fsp3) is 0.533. The Kier molecular flexibility index (Phi) is 3.69. The van der Waals surface area contributed by atoms with Crippen molar-refractivity contribution in [1.82, 2.24) is 15.1 Å². The molecule has 4 heteroatoms. The molecule has 2 aliphatic rings. The molecule has 1 N–H and O–H groups in total. The first kappa shape index (κ1) is 12.5. The van der Waals surface area contributed by atoms with Gasteiger partial charge in [0.15, 0.2) is 0 Å². The number of piperazine rings is 1. The highest BCUT2D eigenvalue weighted by molar-refractivity contribution is 5.75. The Morgan fingerprint density at radius 3 is 2.89 bits per heavy atom. The Morgan fingerprint density at radius 2 is 2.05 bits per heavy atom. The molecule has 0 bridgehead atoms. The van der Waals surface area contributed by atoms with Crippen molar-refractivity contribution in [2.24, 2.45) is 0 Å². The molecule has 2 amide bonds. The molecule has 2 heterocycles. The number of carbonyl (C=O) groups is 1. The second-order valence-corrected chi connectivity index (χ2v) is 5.35. The predicted molar refractivity (Wildman–Crippen MR) is 75.1 cm³/mol. The van der Waals surface area contributed by atoms with E-state index in [0.29, 0.717) is 6.04 Å². The lowest BCUT2D eigenvalue weighted by Crippen LogP contribution is -2.61. The standard InChI is InChI=1S/C15H21N3O/c19-15-17(9-6-13-4-2-1-3-5-13)10-7-14-12-16-8-11-18(14)15/h1-5,14,16H,6-12H2. The number of nitrogens with one attached hydrogen (secondary N) is 1. The minimum Gasteiger partial charge on any atom is -0.324 e. The van der Waals surface area contributed by atoms with Crippen LogP contribution in [0.4, 0.5) is 4.79 Å². The van der Waals surface area contributed by atoms with Crippen LogP contribution in [0.1, 0.15) is 12.0 Å². The lowest BCUT2D eigenvalue weighted by atomic mass is 10.1. The summed E-state index contributed by atoms with van der Waals surface area (Å²) < 4.78 is 0. The van der Waals surface area contributed by atoms with Crippen LogP contribution in [0.5, 0.6) is 0 Å². The number of nitrogens with zero attached hydrogens (tertiary/aromatic N) is 2. The van der Waals surface area contributed by atoms with Crippen molar-refractivity contribution < 1.29 is 4.79 Å². The fourth-order valence-corrected chi connectivity index (χ4v) is 2.97. The summed E-state index contributed by atoms with van der Waals surface area (Å²) in [6.45, 7) is 4.46. The van der Waals surface area contributed by atoms with Gasteiger partial charge in [0.05, 0.1) is 0 Å². The molecule has 1 unspecified atom stereocenters. The number of hydrogen-bond donors (Lipinski definition) is 1. The van der Waals surface area contributed by atoms with Crippen molar-refractivity contribution >= 4 is 6.03 Å². The Balaban J connectivity index is 1.58. The van der Waals surface area contributed by atoms with Crippen molar-refractivity contribution in [2.75, 3.05) is 32.7 Å². The van der Waals surface area contributed by atoms with Crippen LogP contribution in [0.2, 0.25) is 0 Å². The molecule has 0 saturated carbocycles. The van der Waals surface area contributed by atoms with Gasteiger partial charge in [-0.15, -0.1) is 0 Å². The summed E-state index contributed by atoms with van der Waals surface area (Å²) in [6.07, 6.45) is 2.04. The topological polar surface area (TPSA) is 35.6 Å². The maximum Gasteiger partial charge on any atom is 0.320 e. The van der Waals surface area contributed by atoms with E-state index in [4.69, 9.17) is 0 Å². The molecule has 102 valence electrons. The van der Waals surface area contributed by atoms with Crippen LogP contribution in [0.15, 0.2) is 30.3 Å². The van der Waals surface area contributed by atoms with Gasteiger partial charge in [-0.1, -0.05) is 30.3 Å². The first-order valence-corrected chi connectivity index (χ1v) is 7.15. The van der Waals surface area contributed by atoms with Crippen LogP contribution in [0, 0.1) is 0 Å². The van der Waals surface area contributed by atoms with Crippen LogP contribution in [0.25, 0.3) is 0 Å². The molecule has 2 saturated heterocycles. The molecule has 1 atom stereocenters. The summed E-state index contributed by atoms with van der Waals surface area (Å²) in [5, 5.41) is 3.36. The number of fused-ring (bicyclic) bond motifs is 1. The smallest absolute Gasteiger partial charge is 0.320 e. The van der Waals surface area contributed by atoms with E-state index < -0.39 is 0 Å². The molecule has 0 radical (unpaired) electrons. The van der Waals surface area contributed by atoms with Gasteiger partial charge >= 0.3 is 6.03 Å². The lowest BCUT2D eigenvalue weighted by Gasteiger charge is -2.44. The first-order chi connectivity index (χ1) is 9.34. The van der Waals surface area contributed by atoms with E-state index in [9.17, 15) is 4.79 Å². The van der Waals surface area contributed by atoms with E-state index in [1.165, 1.54) is 5.56 Å². The average molecular weight is 259 g/mol. The molecule has 19 heavy (non-hydrogen) atoms. The summed E-state index contributed by atoms with van der Waals surface area (Å²) in [4.78, 5) is 16.5. The summed E-state index contributed by atoms with van der Waals surface area (Å²) in [7, 11) is 0. The normalized spacial score (nSPS) is 23.4. The van der Waals surface area contributed by atoms with Crippen LogP contribution in [-0.2, 0) is 6.42 Å². The van der Waals surface area contributed by atoms with Gasteiger partial charge in [-0.2, -0.15) is 0 Å². The van der Waals surface area contributed by atoms with Gasteiger partial charge in [0, 0.05) is 38.8 Å². The Morgan fingerprint density at radius 1 is 1.21 bits per heavy atom. The molecule has 3 rings (SSSR count). The van der Waals surface area contributed by atoms with E-state index in [2.05, 4.69) is 29.6 Å². The lowest BCUT2D eigenvalue weighted by molar-refractivity contribution is 0.0863. The molecule has 0 aromatic heterocycles. The summed E-state index contributed by atoms with van der Waals surface area (Å²) in [5.74, 6) is 0. The third-order valence-electron chi connectivity index (χ3n) is 4.11. The first-order valence-electron chi connectivity index (χ1n) is 7.15. The monoisotopic (exact) mass is 259 g/mol. The molecule has 2 aliphatic heterocycles. The van der Waals surface area contributed by atoms with Crippen LogP contribution >= 0.6 is 0 Å². The number of urea groups is 1. The minimum absolute atomic E-state index is 0.230. The highest BCUT2D eigenvalue weighted by Crippen LogP contribution is 2.18. The van der Waals surface area contributed by atoms with Gasteiger partial charge < -0.3 is 15.1 Å². The molecular weight excluding hydrogens is 238 g/mol. The summed E-state index contributed by atoms with van der Waals surface area (Å²) in [6, 6.07) is 11.0. The zero-order valence-electron chi connectivity index (χ0n) is 11.2. The van der Waals surface area contributed by atoms with Crippen molar-refractivity contribution in [3.05, 3.63) is 35.9 Å². The van der Waals surface area contributed by atoms with Gasteiger partial charge in [-0.05, 0) is 18.4 Å². The highest BCUT2D eigenvalue weighted by Gasteiger charge is 2.34. The zero-order chi connectivity index (χ0) is 13.1. The van der Waals surface area contributed by atoms with Crippen molar-refractivity contribution in [1.29, 1.82) is 0 Å². The summed E-state index contributed by atoms with van der Waals surface area (Å²) in [5.41, 5.74) is 1.30. The number of rotatable bonds is 3. The molecule has 0 spiro atoms. The summed E-state index contributed by atoms with van der Waals surface area (Å²) >= 11 is 0. The predicted octanol–water partition coefficient (Wildman–Crippen LogP) is 1.33. The Labute approximate surface area is 114 Å². The minimum atomic E-state index is 0.230. The number of carbonyl (C=O) groups excluding carboxylic acids is 1. The van der Waals surface area contributed by atoms with E-state index in [-0.39, 0.29) is 6.03 Å². The van der Waals surface area contributed by atoms with Crippen LogP contribution in [0.3, 0.4) is 0 Å². The Bertz CT molecular complexity index is 434. The van der Waals surface area contributed by atoms with E-state index in [0.717, 1.165) is 45.6 Å². The van der Waals surface area contributed by atoms with Crippen molar-refractivity contribution in [2.45, 2.75) is 18.9 Å². The van der Waals surface area contributed by atoms with Gasteiger partial charge in [0.25, 0.3) is 0 Å². The van der Waals surface area contributed by atoms with Gasteiger partial charge in [0.2, 0.25) is 0 Å².